The fourth-order valence-corrected chi connectivity index (χ4v) is 2.76. The molecule has 0 radical (unpaired) electrons. The fraction of sp³-hybridized carbons (Fsp3) is 0.286. The molecule has 3 rings (SSSR count). The summed E-state index contributed by atoms with van der Waals surface area (Å²) in [6, 6.07) is 8.14. The summed E-state index contributed by atoms with van der Waals surface area (Å²) in [6.45, 7) is 5.98. The number of hydrogen-bond acceptors (Lipinski definition) is 6. The average Bonchev–Trinajstić information content (AvgIpc) is 3.08. The van der Waals surface area contributed by atoms with Gasteiger partial charge in [0.05, 0.1) is 11.4 Å². The molecule has 0 N–H and O–H groups in total. The zero-order valence-electron chi connectivity index (χ0n) is 12.1. The van der Waals surface area contributed by atoms with Crippen molar-refractivity contribution >= 4 is 11.8 Å². The van der Waals surface area contributed by atoms with Gasteiger partial charge < -0.3 is 4.52 Å². The second kappa shape index (κ2) is 5.69. The minimum Gasteiger partial charge on any atom is -0.361 e. The van der Waals surface area contributed by atoms with Gasteiger partial charge in [-0.2, -0.15) is 4.68 Å². The third-order valence-corrected chi connectivity index (χ3v) is 4.01. The first-order valence-corrected chi connectivity index (χ1v) is 7.53. The summed E-state index contributed by atoms with van der Waals surface area (Å²) in [7, 11) is 0. The van der Waals surface area contributed by atoms with E-state index in [-0.39, 0.29) is 0 Å². The van der Waals surface area contributed by atoms with Crippen LogP contribution in [0, 0.1) is 20.8 Å². The van der Waals surface area contributed by atoms with Crippen LogP contribution in [0.4, 0.5) is 0 Å². The molecule has 0 atom stereocenters. The molecule has 0 aliphatic rings. The second-order valence-electron chi connectivity index (χ2n) is 4.88. The van der Waals surface area contributed by atoms with Gasteiger partial charge in [-0.15, -0.1) is 5.10 Å². The van der Waals surface area contributed by atoms with Gasteiger partial charge in [0.1, 0.15) is 5.76 Å². The molecule has 3 aromatic rings. The van der Waals surface area contributed by atoms with Crippen LogP contribution in [0.1, 0.15) is 22.6 Å². The highest BCUT2D eigenvalue weighted by Gasteiger charge is 2.12. The number of tetrazole rings is 1. The lowest BCUT2D eigenvalue weighted by Gasteiger charge is -2.08. The van der Waals surface area contributed by atoms with E-state index in [0.717, 1.165) is 27.9 Å². The van der Waals surface area contributed by atoms with Crippen molar-refractivity contribution in [2.45, 2.75) is 31.7 Å². The van der Waals surface area contributed by atoms with E-state index in [0.29, 0.717) is 5.75 Å². The highest BCUT2D eigenvalue weighted by molar-refractivity contribution is 7.98. The SMILES string of the molecule is Cc1ccc(C)c(-n2nnnc2SCc2cc(C)on2)c1. The van der Waals surface area contributed by atoms with Crippen LogP contribution < -0.4 is 0 Å². The van der Waals surface area contributed by atoms with E-state index in [1.54, 1.807) is 4.68 Å². The van der Waals surface area contributed by atoms with Crippen LogP contribution in [0.3, 0.4) is 0 Å². The van der Waals surface area contributed by atoms with Crippen molar-refractivity contribution < 1.29 is 4.52 Å². The van der Waals surface area contributed by atoms with Crippen molar-refractivity contribution in [2.24, 2.45) is 0 Å². The van der Waals surface area contributed by atoms with Gasteiger partial charge in [-0.05, 0) is 48.4 Å². The standard InChI is InChI=1S/C14H15N5OS/c1-9-4-5-10(2)13(6-9)19-14(15-17-18-19)21-8-12-7-11(3)20-16-12/h4-7H,8H2,1-3H3. The van der Waals surface area contributed by atoms with Crippen LogP contribution in [0.15, 0.2) is 33.9 Å². The molecule has 2 heterocycles. The summed E-state index contributed by atoms with van der Waals surface area (Å²) < 4.78 is 6.83. The Labute approximate surface area is 126 Å². The second-order valence-corrected chi connectivity index (χ2v) is 5.82. The average molecular weight is 301 g/mol. The van der Waals surface area contributed by atoms with E-state index in [2.05, 4.69) is 45.8 Å². The maximum Gasteiger partial charge on any atom is 0.214 e. The van der Waals surface area contributed by atoms with Crippen molar-refractivity contribution in [2.75, 3.05) is 0 Å². The maximum absolute atomic E-state index is 5.06. The van der Waals surface area contributed by atoms with E-state index in [9.17, 15) is 0 Å². The minimum absolute atomic E-state index is 0.669. The third-order valence-electron chi connectivity index (χ3n) is 3.06. The van der Waals surface area contributed by atoms with Gasteiger partial charge in [0, 0.05) is 11.8 Å². The lowest BCUT2D eigenvalue weighted by Crippen LogP contribution is -2.02. The molecule has 21 heavy (non-hydrogen) atoms. The molecule has 7 heteroatoms. The predicted molar refractivity (Wildman–Crippen MR) is 79.4 cm³/mol. The molecular formula is C14H15N5OS. The first-order valence-electron chi connectivity index (χ1n) is 6.54. The Kier molecular flexibility index (Phi) is 3.74. The highest BCUT2D eigenvalue weighted by atomic mass is 32.2. The first kappa shape index (κ1) is 13.8. The van der Waals surface area contributed by atoms with E-state index in [1.807, 2.05) is 19.9 Å². The van der Waals surface area contributed by atoms with Crippen molar-refractivity contribution in [3.63, 3.8) is 0 Å². The molecule has 0 bridgehead atoms. The van der Waals surface area contributed by atoms with E-state index in [1.165, 1.54) is 17.3 Å². The molecule has 0 aliphatic carbocycles. The summed E-state index contributed by atoms with van der Waals surface area (Å²) >= 11 is 1.53. The molecule has 0 aliphatic heterocycles. The Morgan fingerprint density at radius 2 is 2.05 bits per heavy atom. The predicted octanol–water partition coefficient (Wildman–Crippen LogP) is 2.87. The Morgan fingerprint density at radius 1 is 1.19 bits per heavy atom. The smallest absolute Gasteiger partial charge is 0.214 e. The van der Waals surface area contributed by atoms with Gasteiger partial charge in [-0.3, -0.25) is 0 Å². The number of aromatic nitrogens is 5. The number of rotatable bonds is 4. The van der Waals surface area contributed by atoms with Crippen LogP contribution in [0.5, 0.6) is 0 Å². The molecule has 0 saturated carbocycles. The Hall–Kier alpha value is -2.15. The zero-order chi connectivity index (χ0) is 14.8. The Bertz CT molecular complexity index is 764. The largest absolute Gasteiger partial charge is 0.361 e. The van der Waals surface area contributed by atoms with Crippen molar-refractivity contribution in [3.05, 3.63) is 46.8 Å². The molecule has 2 aromatic heterocycles. The molecule has 1 aromatic carbocycles. The van der Waals surface area contributed by atoms with E-state index in [4.69, 9.17) is 4.52 Å². The van der Waals surface area contributed by atoms with Gasteiger partial charge in [0.2, 0.25) is 5.16 Å². The van der Waals surface area contributed by atoms with E-state index < -0.39 is 0 Å². The third kappa shape index (κ3) is 2.97. The van der Waals surface area contributed by atoms with Crippen LogP contribution in [0.25, 0.3) is 5.69 Å². The van der Waals surface area contributed by atoms with Crippen molar-refractivity contribution in [1.29, 1.82) is 0 Å². The minimum atomic E-state index is 0.669. The van der Waals surface area contributed by atoms with Crippen molar-refractivity contribution in [3.8, 4) is 5.69 Å². The van der Waals surface area contributed by atoms with Crippen LogP contribution in [0.2, 0.25) is 0 Å². The number of aryl methyl sites for hydroxylation is 3. The number of nitrogens with zero attached hydrogens (tertiary/aromatic N) is 5. The summed E-state index contributed by atoms with van der Waals surface area (Å²) in [4.78, 5) is 0. The van der Waals surface area contributed by atoms with Gasteiger partial charge >= 0.3 is 0 Å². The fourth-order valence-electron chi connectivity index (χ4n) is 1.99. The highest BCUT2D eigenvalue weighted by Crippen LogP contribution is 2.24. The Balaban J connectivity index is 1.85. The molecule has 0 fully saturated rings. The monoisotopic (exact) mass is 301 g/mol. The van der Waals surface area contributed by atoms with Crippen LogP contribution >= 0.6 is 11.8 Å². The lowest BCUT2D eigenvalue weighted by molar-refractivity contribution is 0.393. The molecule has 108 valence electrons. The lowest BCUT2D eigenvalue weighted by atomic mass is 10.1. The summed E-state index contributed by atoms with van der Waals surface area (Å²) in [5.74, 6) is 1.47. The molecule has 0 saturated heterocycles. The normalized spacial score (nSPS) is 11.0. The number of thioether (sulfide) groups is 1. The molecule has 0 spiro atoms. The van der Waals surface area contributed by atoms with Crippen molar-refractivity contribution in [1.82, 2.24) is 25.4 Å². The van der Waals surface area contributed by atoms with Gasteiger partial charge in [-0.25, -0.2) is 0 Å². The number of benzene rings is 1. The van der Waals surface area contributed by atoms with Gasteiger partial charge in [0.15, 0.2) is 0 Å². The summed E-state index contributed by atoms with van der Waals surface area (Å²) in [6.07, 6.45) is 0. The van der Waals surface area contributed by atoms with E-state index >= 15 is 0 Å². The molecule has 6 nitrogen and oxygen atoms in total. The zero-order valence-corrected chi connectivity index (χ0v) is 12.9. The van der Waals surface area contributed by atoms with Crippen LogP contribution in [-0.4, -0.2) is 25.4 Å². The molecule has 0 unspecified atom stereocenters. The summed E-state index contributed by atoms with van der Waals surface area (Å²) in [5, 5.41) is 16.7. The quantitative estimate of drug-likeness (QED) is 0.690. The molecule has 0 amide bonds. The van der Waals surface area contributed by atoms with Crippen LogP contribution in [-0.2, 0) is 5.75 Å². The summed E-state index contributed by atoms with van der Waals surface area (Å²) in [5.41, 5.74) is 4.19. The number of hydrogen-bond donors (Lipinski definition) is 0. The maximum atomic E-state index is 5.06. The molecular weight excluding hydrogens is 286 g/mol. The van der Waals surface area contributed by atoms with Gasteiger partial charge in [-0.1, -0.05) is 29.1 Å². The van der Waals surface area contributed by atoms with Gasteiger partial charge in [0.25, 0.3) is 0 Å². The first-order chi connectivity index (χ1) is 10.1. The topological polar surface area (TPSA) is 69.6 Å². The Morgan fingerprint density at radius 3 is 2.81 bits per heavy atom.